The van der Waals surface area contributed by atoms with E-state index in [1.807, 2.05) is 6.92 Å². The summed E-state index contributed by atoms with van der Waals surface area (Å²) in [6.45, 7) is 2.32. The number of hydrogen-bond donors (Lipinski definition) is 2. The van der Waals surface area contributed by atoms with Crippen LogP contribution in [0.4, 0.5) is 24.5 Å². The number of aryl methyl sites for hydroxylation is 1. The number of rotatable bonds is 3. The summed E-state index contributed by atoms with van der Waals surface area (Å²) in [6, 6.07) is 2.85. The van der Waals surface area contributed by atoms with Gasteiger partial charge >= 0.3 is 0 Å². The molecule has 1 aromatic heterocycles. The summed E-state index contributed by atoms with van der Waals surface area (Å²) in [5.41, 5.74) is 6.05. The average Bonchev–Trinajstić information content (AvgIpc) is 2.77. The molecule has 1 heterocycles. The molecule has 4 nitrogen and oxygen atoms in total. The van der Waals surface area contributed by atoms with Crippen LogP contribution in [0.2, 0.25) is 0 Å². The molecule has 0 aliphatic heterocycles. The molecule has 0 saturated heterocycles. The number of halogens is 3. The number of nitrogens with one attached hydrogen (secondary N) is 1. The van der Waals surface area contributed by atoms with Crippen molar-refractivity contribution in [3.8, 4) is 0 Å². The Morgan fingerprint density at radius 3 is 2.40 bits per heavy atom. The van der Waals surface area contributed by atoms with Crippen LogP contribution in [0, 0.1) is 17.5 Å². The Bertz CT molecular complexity index is 644. The minimum atomic E-state index is -1.58. The molecule has 0 aliphatic rings. The fourth-order valence-corrected chi connectivity index (χ4v) is 1.81. The topological polar surface area (TPSA) is 60.0 Å². The largest absolute Gasteiger partial charge is 0.397 e. The molecule has 1 amide bonds. The van der Waals surface area contributed by atoms with E-state index >= 15 is 0 Å². The molecule has 0 radical (unpaired) electrons. The standard InChI is InChI=1S/C13H12F3N3O/c1-2-19-6-7(17)3-11(19)13(20)18-8-4-9(14)12(16)10(15)5-8/h3-6H,2,17H2,1H3,(H,18,20). The van der Waals surface area contributed by atoms with Gasteiger partial charge in [0.2, 0.25) is 0 Å². The average molecular weight is 283 g/mol. The first-order chi connectivity index (χ1) is 9.42. The molecule has 1 aromatic carbocycles. The van der Waals surface area contributed by atoms with Crippen molar-refractivity contribution in [3.05, 3.63) is 47.5 Å². The molecule has 2 rings (SSSR count). The van der Waals surface area contributed by atoms with Gasteiger partial charge in [0.05, 0.1) is 5.69 Å². The lowest BCUT2D eigenvalue weighted by molar-refractivity contribution is 0.101. The summed E-state index contributed by atoms with van der Waals surface area (Å²) in [7, 11) is 0. The van der Waals surface area contributed by atoms with Crippen LogP contribution >= 0.6 is 0 Å². The molecule has 0 bridgehead atoms. The van der Waals surface area contributed by atoms with Gasteiger partial charge in [0.15, 0.2) is 17.5 Å². The molecular formula is C13H12F3N3O. The van der Waals surface area contributed by atoms with Crippen molar-refractivity contribution in [2.24, 2.45) is 0 Å². The second-order valence-electron chi connectivity index (χ2n) is 4.15. The number of nitrogens with zero attached hydrogens (tertiary/aromatic N) is 1. The monoisotopic (exact) mass is 283 g/mol. The highest BCUT2D eigenvalue weighted by atomic mass is 19.2. The summed E-state index contributed by atoms with van der Waals surface area (Å²) in [5.74, 6) is -4.91. The highest BCUT2D eigenvalue weighted by Crippen LogP contribution is 2.19. The molecule has 0 atom stereocenters. The highest BCUT2D eigenvalue weighted by Gasteiger charge is 2.15. The number of carbonyl (C=O) groups excluding carboxylic acids is 1. The maximum atomic E-state index is 13.1. The molecule has 0 fully saturated rings. The van der Waals surface area contributed by atoms with Crippen LogP contribution in [0.15, 0.2) is 24.4 Å². The van der Waals surface area contributed by atoms with Gasteiger partial charge in [-0.3, -0.25) is 4.79 Å². The number of carbonyl (C=O) groups is 1. The fraction of sp³-hybridized carbons (Fsp3) is 0.154. The molecule has 3 N–H and O–H groups in total. The van der Waals surface area contributed by atoms with Crippen molar-refractivity contribution in [2.75, 3.05) is 11.1 Å². The third-order valence-electron chi connectivity index (χ3n) is 2.73. The van der Waals surface area contributed by atoms with Crippen molar-refractivity contribution < 1.29 is 18.0 Å². The van der Waals surface area contributed by atoms with Crippen LogP contribution in [-0.2, 0) is 6.54 Å². The van der Waals surface area contributed by atoms with Crippen molar-refractivity contribution in [1.82, 2.24) is 4.57 Å². The maximum Gasteiger partial charge on any atom is 0.272 e. The first-order valence-electron chi connectivity index (χ1n) is 5.84. The smallest absolute Gasteiger partial charge is 0.272 e. The zero-order valence-electron chi connectivity index (χ0n) is 10.6. The van der Waals surface area contributed by atoms with Gasteiger partial charge in [-0.2, -0.15) is 0 Å². The normalized spacial score (nSPS) is 10.6. The Kier molecular flexibility index (Phi) is 3.69. The zero-order valence-corrected chi connectivity index (χ0v) is 10.6. The van der Waals surface area contributed by atoms with Crippen LogP contribution < -0.4 is 11.1 Å². The minimum Gasteiger partial charge on any atom is -0.397 e. The van der Waals surface area contributed by atoms with E-state index in [0.717, 1.165) is 0 Å². The van der Waals surface area contributed by atoms with Crippen LogP contribution in [0.1, 0.15) is 17.4 Å². The van der Waals surface area contributed by atoms with Crippen molar-refractivity contribution in [2.45, 2.75) is 13.5 Å². The quantitative estimate of drug-likeness (QED) is 0.851. The van der Waals surface area contributed by atoms with Crippen molar-refractivity contribution >= 4 is 17.3 Å². The lowest BCUT2D eigenvalue weighted by Gasteiger charge is -2.08. The third-order valence-corrected chi connectivity index (χ3v) is 2.73. The van der Waals surface area contributed by atoms with E-state index in [4.69, 9.17) is 5.73 Å². The van der Waals surface area contributed by atoms with Gasteiger partial charge < -0.3 is 15.6 Å². The van der Waals surface area contributed by atoms with E-state index in [0.29, 0.717) is 24.4 Å². The Morgan fingerprint density at radius 1 is 1.25 bits per heavy atom. The number of benzene rings is 1. The van der Waals surface area contributed by atoms with Gasteiger partial charge in [0, 0.05) is 30.6 Å². The Labute approximate surface area is 113 Å². The van der Waals surface area contributed by atoms with Gasteiger partial charge in [-0.1, -0.05) is 0 Å². The van der Waals surface area contributed by atoms with Gasteiger partial charge in [-0.25, -0.2) is 13.2 Å². The first-order valence-corrected chi connectivity index (χ1v) is 5.84. The Hall–Kier alpha value is -2.44. The summed E-state index contributed by atoms with van der Waals surface area (Å²) >= 11 is 0. The number of nitrogens with two attached hydrogens (primary N) is 1. The van der Waals surface area contributed by atoms with Crippen LogP contribution in [-0.4, -0.2) is 10.5 Å². The lowest BCUT2D eigenvalue weighted by Crippen LogP contribution is -2.16. The highest BCUT2D eigenvalue weighted by molar-refractivity contribution is 6.03. The van der Waals surface area contributed by atoms with E-state index < -0.39 is 23.4 Å². The van der Waals surface area contributed by atoms with Crippen LogP contribution in [0.3, 0.4) is 0 Å². The first kappa shape index (κ1) is 14.0. The van der Waals surface area contributed by atoms with Crippen LogP contribution in [0.5, 0.6) is 0 Å². The molecular weight excluding hydrogens is 271 g/mol. The molecule has 0 aliphatic carbocycles. The van der Waals surface area contributed by atoms with E-state index in [2.05, 4.69) is 5.32 Å². The number of amides is 1. The predicted octanol–water partition coefficient (Wildman–Crippen LogP) is 2.76. The van der Waals surface area contributed by atoms with E-state index in [9.17, 15) is 18.0 Å². The lowest BCUT2D eigenvalue weighted by atomic mass is 10.2. The van der Waals surface area contributed by atoms with Crippen molar-refractivity contribution in [3.63, 3.8) is 0 Å². The van der Waals surface area contributed by atoms with Gasteiger partial charge in [-0.05, 0) is 13.0 Å². The van der Waals surface area contributed by atoms with E-state index in [1.54, 1.807) is 10.8 Å². The fourth-order valence-electron chi connectivity index (χ4n) is 1.81. The second kappa shape index (κ2) is 5.28. The molecule has 0 unspecified atom stereocenters. The SMILES string of the molecule is CCn1cc(N)cc1C(=O)Nc1cc(F)c(F)c(F)c1. The van der Waals surface area contributed by atoms with Gasteiger partial charge in [0.25, 0.3) is 5.91 Å². The minimum absolute atomic E-state index is 0.172. The maximum absolute atomic E-state index is 13.1. The number of anilines is 2. The molecule has 0 spiro atoms. The number of nitrogen functional groups attached to an aromatic ring is 1. The molecule has 20 heavy (non-hydrogen) atoms. The van der Waals surface area contributed by atoms with Crippen LogP contribution in [0.25, 0.3) is 0 Å². The second-order valence-corrected chi connectivity index (χ2v) is 4.15. The Morgan fingerprint density at radius 2 is 1.85 bits per heavy atom. The summed E-state index contributed by atoms with van der Waals surface area (Å²) < 4.78 is 40.5. The van der Waals surface area contributed by atoms with E-state index in [1.165, 1.54) is 6.07 Å². The Balaban J connectivity index is 2.28. The number of hydrogen-bond acceptors (Lipinski definition) is 2. The molecule has 106 valence electrons. The van der Waals surface area contributed by atoms with Gasteiger partial charge in [-0.15, -0.1) is 0 Å². The molecule has 7 heteroatoms. The molecule has 0 saturated carbocycles. The van der Waals surface area contributed by atoms with Crippen molar-refractivity contribution in [1.29, 1.82) is 0 Å². The molecule has 2 aromatic rings. The summed E-state index contributed by atoms with van der Waals surface area (Å²) in [6.07, 6.45) is 1.57. The predicted molar refractivity (Wildman–Crippen MR) is 68.8 cm³/mol. The van der Waals surface area contributed by atoms with Gasteiger partial charge in [0.1, 0.15) is 5.69 Å². The summed E-state index contributed by atoms with van der Waals surface area (Å²) in [5, 5.41) is 2.29. The number of aromatic nitrogens is 1. The summed E-state index contributed by atoms with van der Waals surface area (Å²) in [4.78, 5) is 12.0. The zero-order chi connectivity index (χ0) is 14.9. The third kappa shape index (κ3) is 2.61. The van der Waals surface area contributed by atoms with E-state index in [-0.39, 0.29) is 11.4 Å².